The molecule has 1 radical (unpaired) electrons. The number of Topliss-reactive ketones (excluding diaryl/α,β-unsaturated/α-hetero) is 1. The van der Waals surface area contributed by atoms with E-state index < -0.39 is 0 Å². The summed E-state index contributed by atoms with van der Waals surface area (Å²) in [7, 11) is 0. The van der Waals surface area contributed by atoms with Crippen molar-refractivity contribution in [2.75, 3.05) is 0 Å². The minimum atomic E-state index is 0.464. The molecular formula is C17H33O. The largest absolute Gasteiger partial charge is 0.300 e. The van der Waals surface area contributed by atoms with Crippen molar-refractivity contribution in [3.63, 3.8) is 0 Å². The first kappa shape index (κ1) is 17.7. The Balaban J connectivity index is 3.08. The van der Waals surface area contributed by atoms with Gasteiger partial charge in [-0.25, -0.2) is 0 Å². The van der Waals surface area contributed by atoms with Crippen LogP contribution in [0.4, 0.5) is 0 Å². The van der Waals surface area contributed by atoms with Crippen LogP contribution in [-0.2, 0) is 4.79 Å². The van der Waals surface area contributed by atoms with E-state index in [2.05, 4.69) is 13.8 Å². The van der Waals surface area contributed by atoms with Crippen LogP contribution in [0.25, 0.3) is 0 Å². The topological polar surface area (TPSA) is 17.1 Å². The smallest absolute Gasteiger partial charge is 0.132 e. The van der Waals surface area contributed by atoms with Crippen LogP contribution < -0.4 is 0 Å². The molecule has 0 bridgehead atoms. The molecule has 18 heavy (non-hydrogen) atoms. The van der Waals surface area contributed by atoms with Crippen LogP contribution in [0.15, 0.2) is 0 Å². The molecule has 0 amide bonds. The summed E-state index contributed by atoms with van der Waals surface area (Å²) in [5, 5.41) is 0. The van der Waals surface area contributed by atoms with Gasteiger partial charge in [-0.3, -0.25) is 4.79 Å². The SMILES string of the molecule is [CH2]CCCCC(=O)CCCCCCCCCCC. The lowest BCUT2D eigenvalue weighted by molar-refractivity contribution is -0.119. The molecule has 107 valence electrons. The zero-order chi connectivity index (χ0) is 13.5. The first-order valence-corrected chi connectivity index (χ1v) is 8.12. The molecule has 0 aromatic heterocycles. The molecule has 0 aliphatic rings. The molecular weight excluding hydrogens is 220 g/mol. The third kappa shape index (κ3) is 13.7. The molecule has 0 unspecified atom stereocenters. The van der Waals surface area contributed by atoms with Gasteiger partial charge in [-0.05, 0) is 12.8 Å². The minimum Gasteiger partial charge on any atom is -0.300 e. The second kappa shape index (κ2) is 14.7. The maximum atomic E-state index is 11.5. The van der Waals surface area contributed by atoms with E-state index >= 15 is 0 Å². The third-order valence-corrected chi connectivity index (χ3v) is 3.51. The van der Waals surface area contributed by atoms with Crippen molar-refractivity contribution in [2.45, 2.75) is 96.8 Å². The highest BCUT2D eigenvalue weighted by Crippen LogP contribution is 2.11. The fourth-order valence-electron chi connectivity index (χ4n) is 2.26. The number of hydrogen-bond donors (Lipinski definition) is 0. The van der Waals surface area contributed by atoms with Crippen molar-refractivity contribution in [2.24, 2.45) is 0 Å². The highest BCUT2D eigenvalue weighted by Gasteiger charge is 2.01. The molecule has 0 aliphatic carbocycles. The first-order valence-electron chi connectivity index (χ1n) is 8.12. The van der Waals surface area contributed by atoms with Crippen LogP contribution >= 0.6 is 0 Å². The molecule has 0 atom stereocenters. The van der Waals surface area contributed by atoms with Gasteiger partial charge in [0.25, 0.3) is 0 Å². The van der Waals surface area contributed by atoms with Crippen LogP contribution in [0.2, 0.25) is 0 Å². The number of carbonyl (C=O) groups is 1. The van der Waals surface area contributed by atoms with Gasteiger partial charge in [0.15, 0.2) is 0 Å². The van der Waals surface area contributed by atoms with Crippen molar-refractivity contribution >= 4 is 5.78 Å². The van der Waals surface area contributed by atoms with E-state index in [1.807, 2.05) is 0 Å². The van der Waals surface area contributed by atoms with Gasteiger partial charge < -0.3 is 0 Å². The zero-order valence-electron chi connectivity index (χ0n) is 12.5. The molecule has 0 fully saturated rings. The second-order valence-electron chi connectivity index (χ2n) is 5.43. The van der Waals surface area contributed by atoms with E-state index in [-0.39, 0.29) is 0 Å². The minimum absolute atomic E-state index is 0.464. The molecule has 0 heterocycles. The molecule has 1 nitrogen and oxygen atoms in total. The summed E-state index contributed by atoms with van der Waals surface area (Å²) in [6, 6.07) is 0. The maximum absolute atomic E-state index is 11.5. The normalized spacial score (nSPS) is 10.8. The molecule has 0 aliphatic heterocycles. The predicted molar refractivity (Wildman–Crippen MR) is 80.7 cm³/mol. The molecule has 0 N–H and O–H groups in total. The van der Waals surface area contributed by atoms with Gasteiger partial charge in [-0.15, -0.1) is 0 Å². The lowest BCUT2D eigenvalue weighted by Gasteiger charge is -2.02. The number of carbonyl (C=O) groups excluding carboxylic acids is 1. The lowest BCUT2D eigenvalue weighted by atomic mass is 10.0. The average molecular weight is 253 g/mol. The highest BCUT2D eigenvalue weighted by molar-refractivity contribution is 5.78. The van der Waals surface area contributed by atoms with Crippen molar-refractivity contribution < 1.29 is 4.79 Å². The Bertz CT molecular complexity index is 174. The van der Waals surface area contributed by atoms with Crippen LogP contribution in [0.1, 0.15) is 96.8 Å². The molecule has 0 spiro atoms. The second-order valence-corrected chi connectivity index (χ2v) is 5.43. The Hall–Kier alpha value is -0.330. The fourth-order valence-corrected chi connectivity index (χ4v) is 2.26. The van der Waals surface area contributed by atoms with Crippen molar-refractivity contribution in [3.05, 3.63) is 6.92 Å². The van der Waals surface area contributed by atoms with E-state index in [9.17, 15) is 4.79 Å². The van der Waals surface area contributed by atoms with Crippen LogP contribution in [0.5, 0.6) is 0 Å². The van der Waals surface area contributed by atoms with Crippen LogP contribution in [0, 0.1) is 6.92 Å². The fraction of sp³-hybridized carbons (Fsp3) is 0.882. The van der Waals surface area contributed by atoms with Crippen LogP contribution in [-0.4, -0.2) is 5.78 Å². The molecule has 0 aromatic rings. The summed E-state index contributed by atoms with van der Waals surface area (Å²) < 4.78 is 0. The summed E-state index contributed by atoms with van der Waals surface area (Å²) in [6.45, 7) is 6.05. The summed E-state index contributed by atoms with van der Waals surface area (Å²) >= 11 is 0. The molecule has 0 saturated heterocycles. The summed E-state index contributed by atoms with van der Waals surface area (Å²) in [6.07, 6.45) is 16.6. The maximum Gasteiger partial charge on any atom is 0.132 e. The molecule has 1 heteroatoms. The van der Waals surface area contributed by atoms with Crippen molar-refractivity contribution in [3.8, 4) is 0 Å². The van der Waals surface area contributed by atoms with E-state index in [4.69, 9.17) is 0 Å². The highest BCUT2D eigenvalue weighted by atomic mass is 16.1. The average Bonchev–Trinajstić information content (AvgIpc) is 2.37. The molecule has 0 aromatic carbocycles. The number of rotatable bonds is 14. The van der Waals surface area contributed by atoms with Gasteiger partial charge in [0.05, 0.1) is 0 Å². The summed E-state index contributed by atoms with van der Waals surface area (Å²) in [5.41, 5.74) is 0. The van der Waals surface area contributed by atoms with E-state index in [1.165, 1.54) is 51.4 Å². The Kier molecular flexibility index (Phi) is 14.5. The predicted octanol–water partition coefficient (Wildman–Crippen LogP) is 5.87. The van der Waals surface area contributed by atoms with Gasteiger partial charge in [-0.2, -0.15) is 0 Å². The van der Waals surface area contributed by atoms with Gasteiger partial charge in [0, 0.05) is 12.8 Å². The van der Waals surface area contributed by atoms with Crippen molar-refractivity contribution in [1.82, 2.24) is 0 Å². The van der Waals surface area contributed by atoms with E-state index in [0.29, 0.717) is 5.78 Å². The van der Waals surface area contributed by atoms with Gasteiger partial charge >= 0.3 is 0 Å². The number of ketones is 1. The summed E-state index contributed by atoms with van der Waals surface area (Å²) in [5.74, 6) is 0.464. The monoisotopic (exact) mass is 253 g/mol. The first-order chi connectivity index (χ1) is 8.81. The Labute approximate surface area is 115 Å². The van der Waals surface area contributed by atoms with E-state index in [0.717, 1.165) is 38.5 Å². The quantitative estimate of drug-likeness (QED) is 0.354. The standard InChI is InChI=1S/C17H33O/c1-3-5-7-8-9-10-11-12-14-16-17(18)15-13-6-4-2/h2-16H2,1H3. The Morgan fingerprint density at radius 1 is 0.722 bits per heavy atom. The summed E-state index contributed by atoms with van der Waals surface area (Å²) in [4.78, 5) is 11.5. The van der Waals surface area contributed by atoms with Gasteiger partial charge in [0.2, 0.25) is 0 Å². The third-order valence-electron chi connectivity index (χ3n) is 3.51. The van der Waals surface area contributed by atoms with Gasteiger partial charge in [0.1, 0.15) is 5.78 Å². The zero-order valence-corrected chi connectivity index (χ0v) is 12.5. The lowest BCUT2D eigenvalue weighted by Crippen LogP contribution is -1.97. The van der Waals surface area contributed by atoms with Crippen molar-refractivity contribution in [1.29, 1.82) is 0 Å². The molecule has 0 saturated carbocycles. The number of unbranched alkanes of at least 4 members (excludes halogenated alkanes) is 10. The number of hydrogen-bond acceptors (Lipinski definition) is 1. The van der Waals surface area contributed by atoms with Crippen LogP contribution in [0.3, 0.4) is 0 Å². The Morgan fingerprint density at radius 3 is 1.67 bits per heavy atom. The molecule has 0 rings (SSSR count). The van der Waals surface area contributed by atoms with E-state index in [1.54, 1.807) is 0 Å². The Morgan fingerprint density at radius 2 is 1.17 bits per heavy atom. The van der Waals surface area contributed by atoms with Gasteiger partial charge in [-0.1, -0.05) is 78.1 Å².